The summed E-state index contributed by atoms with van der Waals surface area (Å²) in [5.41, 5.74) is 1.27. The van der Waals surface area contributed by atoms with Gasteiger partial charge in [-0.3, -0.25) is 9.80 Å². The second kappa shape index (κ2) is 10.0. The number of aliphatic hydroxyl groups is 2. The van der Waals surface area contributed by atoms with Gasteiger partial charge in [0.1, 0.15) is 0 Å². The van der Waals surface area contributed by atoms with Crippen molar-refractivity contribution in [2.24, 2.45) is 0 Å². The summed E-state index contributed by atoms with van der Waals surface area (Å²) < 4.78 is 5.69. The van der Waals surface area contributed by atoms with Crippen LogP contribution in [0.5, 0.6) is 0 Å². The Morgan fingerprint density at radius 1 is 1.04 bits per heavy atom. The maximum atomic E-state index is 10.1. The van der Waals surface area contributed by atoms with Crippen LogP contribution in [-0.4, -0.2) is 85.2 Å². The molecule has 2 N–H and O–H groups in total. The smallest absolute Gasteiger partial charge is 0.0900 e. The SMILES string of the molecule is C[C@@H](COC[C@@H](O)CN1CCN(CCO)CC1)c1ccccc1. The summed E-state index contributed by atoms with van der Waals surface area (Å²) in [6, 6.07) is 10.3. The fourth-order valence-electron chi connectivity index (χ4n) is 2.95. The summed E-state index contributed by atoms with van der Waals surface area (Å²) in [6.07, 6.45) is -0.442. The van der Waals surface area contributed by atoms with Crippen LogP contribution in [-0.2, 0) is 4.74 Å². The Labute approximate surface area is 139 Å². The molecule has 0 unspecified atom stereocenters. The molecule has 5 nitrogen and oxygen atoms in total. The highest BCUT2D eigenvalue weighted by Gasteiger charge is 2.19. The molecule has 0 amide bonds. The van der Waals surface area contributed by atoms with Crippen molar-refractivity contribution < 1.29 is 14.9 Å². The molecule has 2 rings (SSSR count). The maximum Gasteiger partial charge on any atom is 0.0900 e. The van der Waals surface area contributed by atoms with Gasteiger partial charge in [0.2, 0.25) is 0 Å². The van der Waals surface area contributed by atoms with E-state index in [1.807, 2.05) is 18.2 Å². The van der Waals surface area contributed by atoms with Gasteiger partial charge in [0, 0.05) is 45.2 Å². The van der Waals surface area contributed by atoms with E-state index in [4.69, 9.17) is 9.84 Å². The van der Waals surface area contributed by atoms with E-state index in [9.17, 15) is 5.11 Å². The van der Waals surface area contributed by atoms with Crippen molar-refractivity contribution in [1.82, 2.24) is 9.80 Å². The highest BCUT2D eigenvalue weighted by atomic mass is 16.5. The van der Waals surface area contributed by atoms with Crippen LogP contribution in [0, 0.1) is 0 Å². The van der Waals surface area contributed by atoms with Crippen molar-refractivity contribution in [3.05, 3.63) is 35.9 Å². The quantitative estimate of drug-likeness (QED) is 0.704. The molecule has 1 aliphatic rings. The van der Waals surface area contributed by atoms with Crippen molar-refractivity contribution in [3.8, 4) is 0 Å². The van der Waals surface area contributed by atoms with Crippen LogP contribution < -0.4 is 0 Å². The Balaban J connectivity index is 1.59. The van der Waals surface area contributed by atoms with Gasteiger partial charge >= 0.3 is 0 Å². The molecule has 1 saturated heterocycles. The van der Waals surface area contributed by atoms with Crippen LogP contribution in [0.4, 0.5) is 0 Å². The average molecular weight is 322 g/mol. The molecule has 0 saturated carbocycles. The van der Waals surface area contributed by atoms with Gasteiger partial charge in [0.15, 0.2) is 0 Å². The number of benzene rings is 1. The van der Waals surface area contributed by atoms with E-state index < -0.39 is 6.10 Å². The van der Waals surface area contributed by atoms with Crippen molar-refractivity contribution in [3.63, 3.8) is 0 Å². The number of hydrogen-bond donors (Lipinski definition) is 2. The third-order valence-corrected chi connectivity index (χ3v) is 4.40. The Hall–Kier alpha value is -0.980. The first-order chi connectivity index (χ1) is 11.2. The lowest BCUT2D eigenvalue weighted by atomic mass is 10.0. The molecule has 1 aromatic carbocycles. The molecule has 1 heterocycles. The van der Waals surface area contributed by atoms with Crippen molar-refractivity contribution >= 4 is 0 Å². The molecule has 2 atom stereocenters. The van der Waals surface area contributed by atoms with Gasteiger partial charge in [0.05, 0.1) is 25.9 Å². The molecule has 130 valence electrons. The molecular weight excluding hydrogens is 292 g/mol. The lowest BCUT2D eigenvalue weighted by Gasteiger charge is -2.35. The minimum atomic E-state index is -0.442. The second-order valence-electron chi connectivity index (χ2n) is 6.37. The Bertz CT molecular complexity index is 422. The number of piperazine rings is 1. The average Bonchev–Trinajstić information content (AvgIpc) is 2.57. The van der Waals surface area contributed by atoms with Crippen LogP contribution in [0.2, 0.25) is 0 Å². The third-order valence-electron chi connectivity index (χ3n) is 4.40. The molecular formula is C18H30N2O3. The lowest BCUT2D eigenvalue weighted by Crippen LogP contribution is -2.49. The fourth-order valence-corrected chi connectivity index (χ4v) is 2.95. The maximum absolute atomic E-state index is 10.1. The number of hydrogen-bond acceptors (Lipinski definition) is 5. The zero-order valence-corrected chi connectivity index (χ0v) is 14.1. The summed E-state index contributed by atoms with van der Waals surface area (Å²) in [5, 5.41) is 19.1. The molecule has 23 heavy (non-hydrogen) atoms. The standard InChI is InChI=1S/C18H30N2O3/c1-16(17-5-3-2-4-6-17)14-23-15-18(22)13-20-9-7-19(8-10-20)11-12-21/h2-6,16,18,21-22H,7-15H2,1H3/t16-,18-/m0/s1. The van der Waals surface area contributed by atoms with Crippen LogP contribution in [0.15, 0.2) is 30.3 Å². The summed E-state index contributed by atoms with van der Waals surface area (Å²) in [5.74, 6) is 0.338. The van der Waals surface area contributed by atoms with E-state index in [0.29, 0.717) is 25.7 Å². The highest BCUT2D eigenvalue weighted by molar-refractivity contribution is 5.18. The normalized spacial score (nSPS) is 19.6. The first-order valence-electron chi connectivity index (χ1n) is 8.55. The van der Waals surface area contributed by atoms with Crippen LogP contribution >= 0.6 is 0 Å². The van der Waals surface area contributed by atoms with Gasteiger partial charge in [0.25, 0.3) is 0 Å². The zero-order valence-electron chi connectivity index (χ0n) is 14.1. The summed E-state index contributed by atoms with van der Waals surface area (Å²) in [7, 11) is 0. The first-order valence-corrected chi connectivity index (χ1v) is 8.55. The topological polar surface area (TPSA) is 56.2 Å². The number of ether oxygens (including phenoxy) is 1. The van der Waals surface area contributed by atoms with E-state index in [1.165, 1.54) is 5.56 Å². The Morgan fingerprint density at radius 2 is 1.70 bits per heavy atom. The molecule has 5 heteroatoms. The van der Waals surface area contributed by atoms with Crippen molar-refractivity contribution in [2.45, 2.75) is 18.9 Å². The van der Waals surface area contributed by atoms with Gasteiger partial charge in [-0.1, -0.05) is 37.3 Å². The molecule has 0 aliphatic carbocycles. The van der Waals surface area contributed by atoms with Gasteiger partial charge in [-0.05, 0) is 5.56 Å². The minimum absolute atomic E-state index is 0.218. The van der Waals surface area contributed by atoms with Crippen LogP contribution in [0.1, 0.15) is 18.4 Å². The number of aliphatic hydroxyl groups excluding tert-OH is 2. The Kier molecular flexibility index (Phi) is 7.99. The van der Waals surface area contributed by atoms with E-state index in [2.05, 4.69) is 28.9 Å². The molecule has 1 aliphatic heterocycles. The molecule has 0 spiro atoms. The van der Waals surface area contributed by atoms with E-state index in [1.54, 1.807) is 0 Å². The highest BCUT2D eigenvalue weighted by Crippen LogP contribution is 2.14. The molecule has 1 fully saturated rings. The summed E-state index contributed by atoms with van der Waals surface area (Å²) >= 11 is 0. The van der Waals surface area contributed by atoms with E-state index in [0.717, 1.165) is 32.7 Å². The predicted octanol–water partition coefficient (Wildman–Crippen LogP) is 0.778. The van der Waals surface area contributed by atoms with Crippen LogP contribution in [0.25, 0.3) is 0 Å². The van der Waals surface area contributed by atoms with Gasteiger partial charge in [-0.15, -0.1) is 0 Å². The number of β-amino-alcohol motifs (C(OH)–C–C–N with tert-alkyl or cyclic N) is 2. The minimum Gasteiger partial charge on any atom is -0.395 e. The van der Waals surface area contributed by atoms with Gasteiger partial charge in [-0.25, -0.2) is 0 Å². The van der Waals surface area contributed by atoms with Gasteiger partial charge in [-0.2, -0.15) is 0 Å². The summed E-state index contributed by atoms with van der Waals surface area (Å²) in [6.45, 7) is 8.58. The zero-order chi connectivity index (χ0) is 16.5. The lowest BCUT2D eigenvalue weighted by molar-refractivity contribution is 0.00325. The van der Waals surface area contributed by atoms with Gasteiger partial charge < -0.3 is 14.9 Å². The van der Waals surface area contributed by atoms with E-state index >= 15 is 0 Å². The monoisotopic (exact) mass is 322 g/mol. The van der Waals surface area contributed by atoms with Crippen molar-refractivity contribution in [2.75, 3.05) is 59.1 Å². The number of rotatable bonds is 9. The van der Waals surface area contributed by atoms with Crippen LogP contribution in [0.3, 0.4) is 0 Å². The second-order valence-corrected chi connectivity index (χ2v) is 6.37. The predicted molar refractivity (Wildman–Crippen MR) is 91.6 cm³/mol. The largest absolute Gasteiger partial charge is 0.395 e. The first kappa shape index (κ1) is 18.4. The summed E-state index contributed by atoms with van der Waals surface area (Å²) in [4.78, 5) is 4.52. The molecule has 0 radical (unpaired) electrons. The number of nitrogens with zero attached hydrogens (tertiary/aromatic N) is 2. The Morgan fingerprint density at radius 3 is 2.35 bits per heavy atom. The molecule has 0 bridgehead atoms. The fraction of sp³-hybridized carbons (Fsp3) is 0.667. The third kappa shape index (κ3) is 6.57. The van der Waals surface area contributed by atoms with Crippen molar-refractivity contribution in [1.29, 1.82) is 0 Å². The molecule has 0 aromatic heterocycles. The molecule has 1 aromatic rings. The van der Waals surface area contributed by atoms with E-state index in [-0.39, 0.29) is 6.61 Å².